The third kappa shape index (κ3) is 6.03. The first-order valence-electron chi connectivity index (χ1n) is 9.38. The molecule has 0 radical (unpaired) electrons. The van der Waals surface area contributed by atoms with Gasteiger partial charge in [-0.05, 0) is 55.2 Å². The fourth-order valence-electron chi connectivity index (χ4n) is 3.01. The van der Waals surface area contributed by atoms with Crippen LogP contribution in [-0.2, 0) is 9.59 Å². The molecule has 2 aromatic rings. The van der Waals surface area contributed by atoms with Gasteiger partial charge in [0.15, 0.2) is 0 Å². The zero-order valence-corrected chi connectivity index (χ0v) is 15.8. The van der Waals surface area contributed by atoms with Gasteiger partial charge in [-0.25, -0.2) is 9.18 Å². The highest BCUT2D eigenvalue weighted by molar-refractivity contribution is 6.39. The number of para-hydroxylation sites is 1. The number of amides is 3. The number of nitrogens with zero attached hydrogens (tertiary/aromatic N) is 1. The lowest BCUT2D eigenvalue weighted by atomic mass is 9.97. The maximum Gasteiger partial charge on any atom is 0.415 e. The van der Waals surface area contributed by atoms with Gasteiger partial charge in [0, 0.05) is 25.3 Å². The molecule has 1 saturated heterocycles. The van der Waals surface area contributed by atoms with Gasteiger partial charge in [-0.2, -0.15) is 0 Å². The van der Waals surface area contributed by atoms with Crippen LogP contribution in [0.1, 0.15) is 12.8 Å². The summed E-state index contributed by atoms with van der Waals surface area (Å²) in [5.41, 5.74) is 0.344. The maximum absolute atomic E-state index is 12.9. The van der Waals surface area contributed by atoms with Crippen LogP contribution in [0.15, 0.2) is 54.6 Å². The standard InChI is InChI=1S/C21H22FN3O4/c22-16-6-8-17(9-7-16)24-20(27)19(26)23-14-15-10-12-25(13-11-15)21(28)29-18-4-2-1-3-5-18/h1-9,15H,10-14H2,(H,23,26)(H,24,27). The van der Waals surface area contributed by atoms with Gasteiger partial charge in [0.1, 0.15) is 11.6 Å². The number of anilines is 1. The summed E-state index contributed by atoms with van der Waals surface area (Å²) >= 11 is 0. The molecule has 0 aromatic heterocycles. The van der Waals surface area contributed by atoms with E-state index in [1.807, 2.05) is 6.07 Å². The molecule has 2 N–H and O–H groups in total. The second-order valence-electron chi connectivity index (χ2n) is 6.78. The molecule has 7 nitrogen and oxygen atoms in total. The van der Waals surface area contributed by atoms with Crippen LogP contribution < -0.4 is 15.4 Å². The van der Waals surface area contributed by atoms with E-state index >= 15 is 0 Å². The minimum atomic E-state index is -0.805. The first kappa shape index (κ1) is 20.3. The van der Waals surface area contributed by atoms with Gasteiger partial charge < -0.3 is 20.3 Å². The van der Waals surface area contributed by atoms with Crippen LogP contribution in [0.4, 0.5) is 14.9 Å². The van der Waals surface area contributed by atoms with Crippen molar-refractivity contribution < 1.29 is 23.5 Å². The summed E-state index contributed by atoms with van der Waals surface area (Å²) in [5.74, 6) is -1.32. The largest absolute Gasteiger partial charge is 0.415 e. The first-order chi connectivity index (χ1) is 14.0. The van der Waals surface area contributed by atoms with E-state index < -0.39 is 23.7 Å². The molecule has 0 aliphatic carbocycles. The van der Waals surface area contributed by atoms with Gasteiger partial charge in [-0.3, -0.25) is 9.59 Å². The molecule has 8 heteroatoms. The zero-order chi connectivity index (χ0) is 20.6. The molecule has 0 spiro atoms. The molecular weight excluding hydrogens is 377 g/mol. The normalized spacial score (nSPS) is 14.2. The highest BCUT2D eigenvalue weighted by Crippen LogP contribution is 2.18. The lowest BCUT2D eigenvalue weighted by Crippen LogP contribution is -2.44. The van der Waals surface area contributed by atoms with Gasteiger partial charge in [-0.1, -0.05) is 18.2 Å². The average Bonchev–Trinajstić information content (AvgIpc) is 2.74. The zero-order valence-electron chi connectivity index (χ0n) is 15.8. The number of benzene rings is 2. The third-order valence-corrected chi connectivity index (χ3v) is 4.68. The van der Waals surface area contributed by atoms with Crippen molar-refractivity contribution in [2.24, 2.45) is 5.92 Å². The minimum absolute atomic E-state index is 0.165. The summed E-state index contributed by atoms with van der Waals surface area (Å²) < 4.78 is 18.2. The molecule has 1 heterocycles. The maximum atomic E-state index is 12.9. The Hall–Kier alpha value is -3.42. The van der Waals surface area contributed by atoms with Crippen LogP contribution in [0, 0.1) is 11.7 Å². The topological polar surface area (TPSA) is 87.7 Å². The Kier molecular flexibility index (Phi) is 6.78. The summed E-state index contributed by atoms with van der Waals surface area (Å²) in [7, 11) is 0. The van der Waals surface area contributed by atoms with Crippen LogP contribution in [0.2, 0.25) is 0 Å². The van der Waals surface area contributed by atoms with Crippen molar-refractivity contribution in [2.45, 2.75) is 12.8 Å². The molecule has 1 aliphatic rings. The lowest BCUT2D eigenvalue weighted by Gasteiger charge is -2.31. The SMILES string of the molecule is O=C(NCC1CCN(C(=O)Oc2ccccc2)CC1)C(=O)Nc1ccc(F)cc1. The van der Waals surface area contributed by atoms with Crippen molar-refractivity contribution in [1.29, 1.82) is 0 Å². The van der Waals surface area contributed by atoms with E-state index in [2.05, 4.69) is 10.6 Å². The predicted molar refractivity (Wildman–Crippen MR) is 105 cm³/mol. The number of nitrogens with one attached hydrogen (secondary N) is 2. The number of carbonyl (C=O) groups is 3. The molecule has 3 rings (SSSR count). The molecular formula is C21H22FN3O4. The van der Waals surface area contributed by atoms with E-state index in [1.165, 1.54) is 24.3 Å². The Balaban J connectivity index is 1.38. The second-order valence-corrected chi connectivity index (χ2v) is 6.78. The summed E-state index contributed by atoms with van der Waals surface area (Å²) in [6.45, 7) is 1.39. The first-order valence-corrected chi connectivity index (χ1v) is 9.38. The molecule has 1 fully saturated rings. The quantitative estimate of drug-likeness (QED) is 0.774. The average molecular weight is 399 g/mol. The van der Waals surface area contributed by atoms with Crippen LogP contribution in [-0.4, -0.2) is 42.4 Å². The van der Waals surface area contributed by atoms with E-state index in [1.54, 1.807) is 29.2 Å². The number of carbonyl (C=O) groups excluding carboxylic acids is 3. The van der Waals surface area contributed by atoms with E-state index in [0.717, 1.165) is 0 Å². The van der Waals surface area contributed by atoms with E-state index in [9.17, 15) is 18.8 Å². The summed E-state index contributed by atoms with van der Waals surface area (Å²) in [4.78, 5) is 37.7. The summed E-state index contributed by atoms with van der Waals surface area (Å²) in [6, 6.07) is 14.0. The number of hydrogen-bond donors (Lipinski definition) is 2. The molecule has 29 heavy (non-hydrogen) atoms. The van der Waals surface area contributed by atoms with Crippen LogP contribution in [0.25, 0.3) is 0 Å². The van der Waals surface area contributed by atoms with Crippen molar-refractivity contribution >= 4 is 23.6 Å². The van der Waals surface area contributed by atoms with Crippen molar-refractivity contribution in [3.63, 3.8) is 0 Å². The van der Waals surface area contributed by atoms with Gasteiger partial charge in [0.05, 0.1) is 0 Å². The highest BCUT2D eigenvalue weighted by Gasteiger charge is 2.25. The number of likely N-dealkylation sites (tertiary alicyclic amines) is 1. The van der Waals surface area contributed by atoms with Gasteiger partial charge in [-0.15, -0.1) is 0 Å². The highest BCUT2D eigenvalue weighted by atomic mass is 19.1. The van der Waals surface area contributed by atoms with Crippen LogP contribution >= 0.6 is 0 Å². The molecule has 0 atom stereocenters. The predicted octanol–water partition coefficient (Wildman–Crippen LogP) is 2.79. The van der Waals surface area contributed by atoms with Crippen molar-refractivity contribution in [2.75, 3.05) is 25.0 Å². The van der Waals surface area contributed by atoms with Crippen LogP contribution in [0.5, 0.6) is 5.75 Å². The molecule has 152 valence electrons. The smallest absolute Gasteiger partial charge is 0.410 e. The Bertz CT molecular complexity index is 850. The molecule has 0 bridgehead atoms. The molecule has 0 unspecified atom stereocenters. The van der Waals surface area contributed by atoms with E-state index in [4.69, 9.17) is 4.74 Å². The second kappa shape index (κ2) is 9.68. The summed E-state index contributed by atoms with van der Waals surface area (Å²) in [5, 5.41) is 5.02. The van der Waals surface area contributed by atoms with E-state index in [0.29, 0.717) is 43.9 Å². The Morgan fingerprint density at radius 1 is 0.966 bits per heavy atom. The third-order valence-electron chi connectivity index (χ3n) is 4.68. The molecule has 2 aromatic carbocycles. The number of rotatable bonds is 4. The van der Waals surface area contributed by atoms with Crippen LogP contribution in [0.3, 0.4) is 0 Å². The molecule has 1 aliphatic heterocycles. The van der Waals surface area contributed by atoms with Crippen molar-refractivity contribution in [3.8, 4) is 5.75 Å². The fraction of sp³-hybridized carbons (Fsp3) is 0.286. The lowest BCUT2D eigenvalue weighted by molar-refractivity contribution is -0.136. The monoisotopic (exact) mass is 399 g/mol. The van der Waals surface area contributed by atoms with Crippen molar-refractivity contribution in [1.82, 2.24) is 10.2 Å². The van der Waals surface area contributed by atoms with E-state index in [-0.39, 0.29) is 5.92 Å². The minimum Gasteiger partial charge on any atom is -0.410 e. The Labute approximate surface area is 167 Å². The summed E-state index contributed by atoms with van der Waals surface area (Å²) in [6.07, 6.45) is 1.00. The number of piperidine rings is 1. The fourth-order valence-corrected chi connectivity index (χ4v) is 3.01. The number of halogens is 1. The number of ether oxygens (including phenoxy) is 1. The Morgan fingerprint density at radius 2 is 1.62 bits per heavy atom. The Morgan fingerprint density at radius 3 is 2.28 bits per heavy atom. The molecule has 3 amide bonds. The van der Waals surface area contributed by atoms with Gasteiger partial charge in [0.2, 0.25) is 0 Å². The van der Waals surface area contributed by atoms with Gasteiger partial charge in [0.25, 0.3) is 0 Å². The van der Waals surface area contributed by atoms with Gasteiger partial charge >= 0.3 is 17.9 Å². The van der Waals surface area contributed by atoms with Crippen molar-refractivity contribution in [3.05, 3.63) is 60.4 Å². The number of hydrogen-bond acceptors (Lipinski definition) is 4. The molecule has 0 saturated carbocycles.